The predicted octanol–water partition coefficient (Wildman–Crippen LogP) is 3.31. The first-order valence-corrected chi connectivity index (χ1v) is 6.80. The second-order valence-electron chi connectivity index (χ2n) is 5.63. The molecule has 3 nitrogen and oxygen atoms in total. The maximum absolute atomic E-state index is 12.8. The highest BCUT2D eigenvalue weighted by Crippen LogP contribution is 2.23. The molecule has 0 radical (unpaired) electrons. The summed E-state index contributed by atoms with van der Waals surface area (Å²) >= 11 is 0. The van der Waals surface area contributed by atoms with E-state index in [0.29, 0.717) is 17.8 Å². The minimum atomic E-state index is -0.361. The smallest absolute Gasteiger partial charge is 0.255 e. The Bertz CT molecular complexity index is 618. The van der Waals surface area contributed by atoms with Crippen molar-refractivity contribution in [2.45, 2.75) is 19.3 Å². The third kappa shape index (κ3) is 3.67. The van der Waals surface area contributed by atoms with Crippen molar-refractivity contribution in [2.75, 3.05) is 11.9 Å². The quantitative estimate of drug-likeness (QED) is 0.906. The van der Waals surface area contributed by atoms with E-state index in [9.17, 15) is 9.18 Å². The molecule has 0 heterocycles. The molecule has 0 bridgehead atoms. The van der Waals surface area contributed by atoms with Gasteiger partial charge in [0.2, 0.25) is 0 Å². The van der Waals surface area contributed by atoms with Crippen LogP contribution >= 0.6 is 0 Å². The summed E-state index contributed by atoms with van der Waals surface area (Å²) in [5.41, 5.74) is 7.88. The minimum absolute atomic E-state index is 0.0977. The molecule has 0 aromatic heterocycles. The lowest BCUT2D eigenvalue weighted by molar-refractivity contribution is 0.102. The number of carbonyl (C=O) groups is 1. The van der Waals surface area contributed by atoms with Gasteiger partial charge in [-0.1, -0.05) is 26.0 Å². The Kier molecular flexibility index (Phi) is 4.38. The minimum Gasteiger partial charge on any atom is -0.330 e. The second kappa shape index (κ2) is 6.06. The van der Waals surface area contributed by atoms with Crippen LogP contribution < -0.4 is 11.1 Å². The molecule has 2 aromatic carbocycles. The average molecular weight is 286 g/mol. The molecule has 0 spiro atoms. The molecule has 0 aliphatic carbocycles. The fourth-order valence-electron chi connectivity index (χ4n) is 1.93. The Morgan fingerprint density at radius 3 is 2.19 bits per heavy atom. The zero-order chi connectivity index (χ0) is 15.5. The number of nitrogens with two attached hydrogens (primary N) is 1. The highest BCUT2D eigenvalue weighted by atomic mass is 19.1. The Labute approximate surface area is 124 Å². The van der Waals surface area contributed by atoms with Crippen molar-refractivity contribution in [3.63, 3.8) is 0 Å². The van der Waals surface area contributed by atoms with Gasteiger partial charge < -0.3 is 11.1 Å². The normalized spacial score (nSPS) is 11.2. The summed E-state index contributed by atoms with van der Waals surface area (Å²) in [6.07, 6.45) is 0. The summed E-state index contributed by atoms with van der Waals surface area (Å²) in [6.45, 7) is 4.69. The summed E-state index contributed by atoms with van der Waals surface area (Å²) in [6, 6.07) is 13.0. The van der Waals surface area contributed by atoms with E-state index in [0.717, 1.165) is 5.56 Å². The third-order valence-corrected chi connectivity index (χ3v) is 3.54. The maximum atomic E-state index is 12.8. The molecule has 0 atom stereocenters. The number of carbonyl (C=O) groups excluding carboxylic acids is 1. The van der Waals surface area contributed by atoms with Crippen LogP contribution in [0.1, 0.15) is 29.8 Å². The van der Waals surface area contributed by atoms with Crippen molar-refractivity contribution in [2.24, 2.45) is 5.73 Å². The number of amides is 1. The van der Waals surface area contributed by atoms with Gasteiger partial charge in [-0.15, -0.1) is 0 Å². The van der Waals surface area contributed by atoms with Crippen LogP contribution in [-0.4, -0.2) is 12.5 Å². The number of halogens is 1. The standard InChI is InChI=1S/C17H19FN2O/c1-17(2,11-19)13-5-9-15(10-6-13)20-16(21)12-3-7-14(18)8-4-12/h3-10H,11,19H2,1-2H3,(H,20,21). The van der Waals surface area contributed by atoms with Crippen LogP contribution in [0, 0.1) is 5.82 Å². The lowest BCUT2D eigenvalue weighted by atomic mass is 9.85. The van der Waals surface area contributed by atoms with Gasteiger partial charge in [-0.25, -0.2) is 4.39 Å². The first kappa shape index (κ1) is 15.2. The Morgan fingerprint density at radius 2 is 1.67 bits per heavy atom. The van der Waals surface area contributed by atoms with Gasteiger partial charge >= 0.3 is 0 Å². The van der Waals surface area contributed by atoms with Crippen molar-refractivity contribution < 1.29 is 9.18 Å². The van der Waals surface area contributed by atoms with Crippen LogP contribution in [0.25, 0.3) is 0 Å². The zero-order valence-electron chi connectivity index (χ0n) is 12.2. The van der Waals surface area contributed by atoms with Crippen molar-refractivity contribution in [1.82, 2.24) is 0 Å². The average Bonchev–Trinajstić information content (AvgIpc) is 2.48. The summed E-state index contributed by atoms with van der Waals surface area (Å²) in [5, 5.41) is 2.78. The largest absolute Gasteiger partial charge is 0.330 e. The van der Waals surface area contributed by atoms with Gasteiger partial charge in [-0.3, -0.25) is 4.79 Å². The van der Waals surface area contributed by atoms with E-state index in [1.807, 2.05) is 24.3 Å². The van der Waals surface area contributed by atoms with Crippen LogP contribution in [0.3, 0.4) is 0 Å². The lowest BCUT2D eigenvalue weighted by Gasteiger charge is -2.23. The molecule has 3 N–H and O–H groups in total. The predicted molar refractivity (Wildman–Crippen MR) is 82.9 cm³/mol. The molecule has 2 aromatic rings. The molecule has 0 saturated heterocycles. The van der Waals surface area contributed by atoms with E-state index in [1.165, 1.54) is 24.3 Å². The van der Waals surface area contributed by atoms with Gasteiger partial charge in [0, 0.05) is 23.2 Å². The molecule has 1 amide bonds. The van der Waals surface area contributed by atoms with Gasteiger partial charge in [-0.2, -0.15) is 0 Å². The van der Waals surface area contributed by atoms with E-state index in [4.69, 9.17) is 5.73 Å². The van der Waals surface area contributed by atoms with Crippen LogP contribution in [0.2, 0.25) is 0 Å². The maximum Gasteiger partial charge on any atom is 0.255 e. The van der Waals surface area contributed by atoms with Gasteiger partial charge in [-0.05, 0) is 42.0 Å². The molecule has 4 heteroatoms. The summed E-state index contributed by atoms with van der Waals surface area (Å²) in [5.74, 6) is -0.624. The van der Waals surface area contributed by atoms with Gasteiger partial charge in [0.25, 0.3) is 5.91 Å². The van der Waals surface area contributed by atoms with E-state index in [1.54, 1.807) is 0 Å². The fraction of sp³-hybridized carbons (Fsp3) is 0.235. The molecule has 0 aliphatic heterocycles. The van der Waals surface area contributed by atoms with E-state index in [2.05, 4.69) is 19.2 Å². The molecule has 2 rings (SSSR count). The molecular formula is C17H19FN2O. The molecule has 110 valence electrons. The summed E-state index contributed by atoms with van der Waals surface area (Å²) < 4.78 is 12.8. The number of anilines is 1. The van der Waals surface area contributed by atoms with Gasteiger partial charge in [0.1, 0.15) is 5.82 Å². The van der Waals surface area contributed by atoms with Gasteiger partial charge in [0.15, 0.2) is 0 Å². The molecule has 0 unspecified atom stereocenters. The molecule has 0 saturated carbocycles. The molecular weight excluding hydrogens is 267 g/mol. The first-order chi connectivity index (χ1) is 9.92. The van der Waals surface area contributed by atoms with Crippen LogP contribution in [-0.2, 0) is 5.41 Å². The van der Waals surface area contributed by atoms with Crippen LogP contribution in [0.4, 0.5) is 10.1 Å². The third-order valence-electron chi connectivity index (χ3n) is 3.54. The van der Waals surface area contributed by atoms with Gasteiger partial charge in [0.05, 0.1) is 0 Å². The molecule has 0 aliphatic rings. The van der Waals surface area contributed by atoms with E-state index >= 15 is 0 Å². The number of hydrogen-bond donors (Lipinski definition) is 2. The Balaban J connectivity index is 2.10. The number of hydrogen-bond acceptors (Lipinski definition) is 2. The topological polar surface area (TPSA) is 55.1 Å². The van der Waals surface area contributed by atoms with Crippen LogP contribution in [0.5, 0.6) is 0 Å². The Hall–Kier alpha value is -2.20. The van der Waals surface area contributed by atoms with E-state index in [-0.39, 0.29) is 17.1 Å². The highest BCUT2D eigenvalue weighted by Gasteiger charge is 2.18. The number of nitrogens with one attached hydrogen (secondary N) is 1. The second-order valence-corrected chi connectivity index (χ2v) is 5.63. The van der Waals surface area contributed by atoms with Crippen molar-refractivity contribution in [3.05, 3.63) is 65.5 Å². The summed E-state index contributed by atoms with van der Waals surface area (Å²) in [4.78, 5) is 12.0. The van der Waals surface area contributed by atoms with Crippen molar-refractivity contribution in [1.29, 1.82) is 0 Å². The highest BCUT2D eigenvalue weighted by molar-refractivity contribution is 6.04. The van der Waals surface area contributed by atoms with Crippen LogP contribution in [0.15, 0.2) is 48.5 Å². The molecule has 21 heavy (non-hydrogen) atoms. The van der Waals surface area contributed by atoms with E-state index < -0.39 is 0 Å². The zero-order valence-corrected chi connectivity index (χ0v) is 12.2. The fourth-order valence-corrected chi connectivity index (χ4v) is 1.93. The van der Waals surface area contributed by atoms with Crippen molar-refractivity contribution >= 4 is 11.6 Å². The number of benzene rings is 2. The molecule has 0 fully saturated rings. The lowest BCUT2D eigenvalue weighted by Crippen LogP contribution is -2.27. The summed E-state index contributed by atoms with van der Waals surface area (Å²) in [7, 11) is 0. The number of rotatable bonds is 4. The SMILES string of the molecule is CC(C)(CN)c1ccc(NC(=O)c2ccc(F)cc2)cc1. The monoisotopic (exact) mass is 286 g/mol. The van der Waals surface area contributed by atoms with Crippen molar-refractivity contribution in [3.8, 4) is 0 Å². The Morgan fingerprint density at radius 1 is 1.10 bits per heavy atom. The first-order valence-electron chi connectivity index (χ1n) is 6.80.